The molecule has 0 radical (unpaired) electrons. The van der Waals surface area contributed by atoms with Gasteiger partial charge in [0.05, 0.1) is 6.61 Å². The van der Waals surface area contributed by atoms with E-state index in [1.165, 1.54) is 5.56 Å². The highest BCUT2D eigenvalue weighted by Crippen LogP contribution is 2.31. The third-order valence-electron chi connectivity index (χ3n) is 5.48. The van der Waals surface area contributed by atoms with Gasteiger partial charge in [-0.3, -0.25) is 4.79 Å². The van der Waals surface area contributed by atoms with Crippen LogP contribution in [0.5, 0.6) is 5.75 Å². The van der Waals surface area contributed by atoms with E-state index in [1.807, 2.05) is 50.8 Å². The minimum absolute atomic E-state index is 0.0241. The van der Waals surface area contributed by atoms with Crippen molar-refractivity contribution in [3.8, 4) is 5.75 Å². The molecule has 0 fully saturated rings. The van der Waals surface area contributed by atoms with E-state index in [0.717, 1.165) is 35.2 Å². The maximum atomic E-state index is 13.1. The zero-order valence-electron chi connectivity index (χ0n) is 18.8. The predicted octanol–water partition coefficient (Wildman–Crippen LogP) is 4.84. The molecule has 6 heteroatoms. The summed E-state index contributed by atoms with van der Waals surface area (Å²) in [6.07, 6.45) is 1.44. The average Bonchev–Trinajstić information content (AvgIpc) is 2.71. The Labute approximate surface area is 184 Å². The van der Waals surface area contributed by atoms with Crippen molar-refractivity contribution in [3.05, 3.63) is 58.7 Å². The number of benzene rings is 2. The monoisotopic (exact) mass is 424 g/mol. The minimum Gasteiger partial charge on any atom is -0.434 e. The highest BCUT2D eigenvalue weighted by Gasteiger charge is 2.25. The molecule has 1 amide bonds. The summed E-state index contributed by atoms with van der Waals surface area (Å²) in [6.45, 7) is 8.76. The van der Waals surface area contributed by atoms with Crippen LogP contribution in [0.3, 0.4) is 0 Å². The number of carbonyl (C=O) groups excluding carboxylic acids is 2. The number of aryl methyl sites for hydroxylation is 3. The summed E-state index contributed by atoms with van der Waals surface area (Å²) < 4.78 is 10.4. The summed E-state index contributed by atoms with van der Waals surface area (Å²) in [5, 5.41) is 0. The SMILES string of the molecule is Cc1cc(OC(=O)OCC(C)C)cc(C)c1C(N)CC(=O)N1CCCc2ccccc21. The van der Waals surface area contributed by atoms with E-state index in [9.17, 15) is 9.59 Å². The lowest BCUT2D eigenvalue weighted by atomic mass is 9.93. The lowest BCUT2D eigenvalue weighted by Gasteiger charge is -2.30. The second-order valence-electron chi connectivity index (χ2n) is 8.62. The first kappa shape index (κ1) is 22.8. The van der Waals surface area contributed by atoms with E-state index in [0.29, 0.717) is 18.9 Å². The molecule has 1 heterocycles. The molecule has 3 rings (SSSR count). The summed E-state index contributed by atoms with van der Waals surface area (Å²) in [6, 6.07) is 11.1. The van der Waals surface area contributed by atoms with Crippen LogP contribution in [0.15, 0.2) is 36.4 Å². The van der Waals surface area contributed by atoms with Crippen molar-refractivity contribution >= 4 is 17.7 Å². The molecule has 0 aliphatic carbocycles. The number of fused-ring (bicyclic) bond motifs is 1. The van der Waals surface area contributed by atoms with Crippen LogP contribution in [0, 0.1) is 19.8 Å². The first-order chi connectivity index (χ1) is 14.8. The number of para-hydroxylation sites is 1. The highest BCUT2D eigenvalue weighted by molar-refractivity contribution is 5.95. The molecule has 31 heavy (non-hydrogen) atoms. The second kappa shape index (κ2) is 9.96. The Hall–Kier alpha value is -2.86. The van der Waals surface area contributed by atoms with E-state index >= 15 is 0 Å². The van der Waals surface area contributed by atoms with Crippen molar-refractivity contribution in [2.45, 2.75) is 53.0 Å². The number of nitrogens with zero attached hydrogens (tertiary/aromatic N) is 1. The molecule has 0 saturated carbocycles. The van der Waals surface area contributed by atoms with Crippen LogP contribution in [0.2, 0.25) is 0 Å². The van der Waals surface area contributed by atoms with Gasteiger partial charge >= 0.3 is 6.16 Å². The van der Waals surface area contributed by atoms with Gasteiger partial charge in [0.25, 0.3) is 0 Å². The maximum absolute atomic E-state index is 13.1. The maximum Gasteiger partial charge on any atom is 0.513 e. The highest BCUT2D eigenvalue weighted by atomic mass is 16.7. The summed E-state index contributed by atoms with van der Waals surface area (Å²) in [4.78, 5) is 26.8. The fourth-order valence-electron chi connectivity index (χ4n) is 4.13. The van der Waals surface area contributed by atoms with Crippen molar-refractivity contribution in [1.82, 2.24) is 0 Å². The molecule has 0 bridgehead atoms. The Kier molecular flexibility index (Phi) is 7.33. The zero-order chi connectivity index (χ0) is 22.5. The van der Waals surface area contributed by atoms with Crippen molar-refractivity contribution in [2.75, 3.05) is 18.1 Å². The number of rotatable bonds is 6. The lowest BCUT2D eigenvalue weighted by Crippen LogP contribution is -2.37. The quantitative estimate of drug-likeness (QED) is 0.530. The second-order valence-corrected chi connectivity index (χ2v) is 8.62. The largest absolute Gasteiger partial charge is 0.513 e. The van der Waals surface area contributed by atoms with E-state index in [1.54, 1.807) is 12.1 Å². The van der Waals surface area contributed by atoms with Gasteiger partial charge in [0, 0.05) is 24.7 Å². The molecule has 166 valence electrons. The van der Waals surface area contributed by atoms with Gasteiger partial charge in [-0.05, 0) is 73.1 Å². The van der Waals surface area contributed by atoms with E-state index in [-0.39, 0.29) is 18.2 Å². The molecule has 1 aliphatic rings. The Morgan fingerprint density at radius 3 is 2.48 bits per heavy atom. The van der Waals surface area contributed by atoms with Gasteiger partial charge in [0.1, 0.15) is 5.75 Å². The van der Waals surface area contributed by atoms with Crippen LogP contribution in [-0.4, -0.2) is 25.2 Å². The topological polar surface area (TPSA) is 81.9 Å². The average molecular weight is 425 g/mol. The molecule has 2 aromatic rings. The van der Waals surface area contributed by atoms with Gasteiger partial charge in [-0.15, -0.1) is 0 Å². The van der Waals surface area contributed by atoms with Crippen LogP contribution in [0.4, 0.5) is 10.5 Å². The lowest BCUT2D eigenvalue weighted by molar-refractivity contribution is -0.119. The summed E-state index contributed by atoms with van der Waals surface area (Å²) in [7, 11) is 0. The van der Waals surface area contributed by atoms with Gasteiger partial charge < -0.3 is 20.1 Å². The Morgan fingerprint density at radius 1 is 1.13 bits per heavy atom. The van der Waals surface area contributed by atoms with Gasteiger partial charge in [-0.1, -0.05) is 32.0 Å². The van der Waals surface area contributed by atoms with E-state index < -0.39 is 12.2 Å². The van der Waals surface area contributed by atoms with Crippen molar-refractivity contribution in [1.29, 1.82) is 0 Å². The number of nitrogens with two attached hydrogens (primary N) is 1. The molecule has 0 aromatic heterocycles. The standard InChI is InChI=1S/C25H32N2O4/c1-16(2)15-30-25(29)31-20-12-17(3)24(18(4)13-20)21(26)14-23(28)27-11-7-9-19-8-5-6-10-22(19)27/h5-6,8,10,12-13,16,21H,7,9,11,14-15,26H2,1-4H3. The number of ether oxygens (including phenoxy) is 2. The third kappa shape index (κ3) is 5.64. The van der Waals surface area contributed by atoms with Crippen LogP contribution in [0.1, 0.15) is 55.0 Å². The Morgan fingerprint density at radius 2 is 1.81 bits per heavy atom. The van der Waals surface area contributed by atoms with Crippen molar-refractivity contribution in [3.63, 3.8) is 0 Å². The van der Waals surface area contributed by atoms with Crippen LogP contribution in [-0.2, 0) is 16.0 Å². The summed E-state index contributed by atoms with van der Waals surface area (Å²) >= 11 is 0. The number of anilines is 1. The van der Waals surface area contributed by atoms with E-state index in [4.69, 9.17) is 15.2 Å². The summed E-state index contributed by atoms with van der Waals surface area (Å²) in [5.74, 6) is 0.674. The molecule has 2 N–H and O–H groups in total. The molecule has 1 unspecified atom stereocenters. The van der Waals surface area contributed by atoms with Crippen molar-refractivity contribution in [2.24, 2.45) is 11.7 Å². The third-order valence-corrected chi connectivity index (χ3v) is 5.48. The van der Waals surface area contributed by atoms with E-state index in [2.05, 4.69) is 6.07 Å². The minimum atomic E-state index is -0.719. The molecule has 2 aromatic carbocycles. The fraction of sp³-hybridized carbons (Fsp3) is 0.440. The number of hydrogen-bond donors (Lipinski definition) is 1. The van der Waals surface area contributed by atoms with Gasteiger partial charge in [0.2, 0.25) is 5.91 Å². The predicted molar refractivity (Wildman–Crippen MR) is 121 cm³/mol. The fourth-order valence-corrected chi connectivity index (χ4v) is 4.13. The Balaban J connectivity index is 1.70. The van der Waals surface area contributed by atoms with Gasteiger partial charge in [-0.25, -0.2) is 4.79 Å². The zero-order valence-corrected chi connectivity index (χ0v) is 18.8. The van der Waals surface area contributed by atoms with Gasteiger partial charge in [0.15, 0.2) is 0 Å². The normalized spacial score (nSPS) is 14.2. The summed E-state index contributed by atoms with van der Waals surface area (Å²) in [5.41, 5.74) is 11.3. The smallest absolute Gasteiger partial charge is 0.434 e. The molecular formula is C25H32N2O4. The number of amides is 1. The first-order valence-corrected chi connectivity index (χ1v) is 10.9. The number of carbonyl (C=O) groups is 2. The van der Waals surface area contributed by atoms with Crippen LogP contribution in [0.25, 0.3) is 0 Å². The van der Waals surface area contributed by atoms with Crippen molar-refractivity contribution < 1.29 is 19.1 Å². The molecular weight excluding hydrogens is 392 g/mol. The van der Waals surface area contributed by atoms with Crippen LogP contribution >= 0.6 is 0 Å². The Bertz CT molecular complexity index is 931. The molecule has 1 aliphatic heterocycles. The molecule has 1 atom stereocenters. The molecule has 0 saturated heterocycles. The van der Waals surface area contributed by atoms with Gasteiger partial charge in [-0.2, -0.15) is 0 Å². The van der Waals surface area contributed by atoms with Crippen LogP contribution < -0.4 is 15.4 Å². The number of hydrogen-bond acceptors (Lipinski definition) is 5. The first-order valence-electron chi connectivity index (χ1n) is 10.9. The molecule has 6 nitrogen and oxygen atoms in total. The molecule has 0 spiro atoms.